The second kappa shape index (κ2) is 9.43. The summed E-state index contributed by atoms with van der Waals surface area (Å²) < 4.78 is 12.4. The molecule has 1 aliphatic heterocycles. The zero-order chi connectivity index (χ0) is 25.5. The Kier molecular flexibility index (Phi) is 6.86. The van der Waals surface area contributed by atoms with Gasteiger partial charge in [0.15, 0.2) is 0 Å². The predicted octanol–water partition coefficient (Wildman–Crippen LogP) is 4.27. The van der Waals surface area contributed by atoms with E-state index in [2.05, 4.69) is 10.3 Å². The number of carbonyl (C=O) groups is 2. The smallest absolute Gasteiger partial charge is 0.480 e. The van der Waals surface area contributed by atoms with E-state index < -0.39 is 36.2 Å². The highest BCUT2D eigenvalue weighted by Crippen LogP contribution is 2.37. The van der Waals surface area contributed by atoms with Gasteiger partial charge in [-0.3, -0.25) is 9.78 Å². The fourth-order valence-electron chi connectivity index (χ4n) is 3.96. The molecule has 1 saturated heterocycles. The molecule has 10 heteroatoms. The molecule has 0 radical (unpaired) electrons. The first-order valence-electron chi connectivity index (χ1n) is 11.1. The molecule has 0 bridgehead atoms. The van der Waals surface area contributed by atoms with Crippen molar-refractivity contribution >= 4 is 58.6 Å². The van der Waals surface area contributed by atoms with Crippen molar-refractivity contribution in [3.05, 3.63) is 69.8 Å². The first kappa shape index (κ1) is 25.4. The summed E-state index contributed by atoms with van der Waals surface area (Å²) in [5, 5.41) is 13.4. The first-order valence-corrected chi connectivity index (χ1v) is 11.9. The molecule has 1 unspecified atom stereocenters. The maximum Gasteiger partial charge on any atom is 0.495 e. The average Bonchev–Trinajstić information content (AvgIpc) is 2.99. The van der Waals surface area contributed by atoms with Gasteiger partial charge in [0.25, 0.3) is 5.91 Å². The Bertz CT molecular complexity index is 1280. The highest BCUT2D eigenvalue weighted by molar-refractivity contribution is 6.65. The van der Waals surface area contributed by atoms with E-state index in [1.165, 1.54) is 12.1 Å². The molecule has 3 aromatic rings. The quantitative estimate of drug-likeness (QED) is 0.477. The topological polar surface area (TPSA) is 97.8 Å². The van der Waals surface area contributed by atoms with E-state index in [1.807, 2.05) is 39.8 Å². The van der Waals surface area contributed by atoms with Crippen LogP contribution in [0.4, 0.5) is 0 Å². The Morgan fingerprint density at radius 2 is 1.66 bits per heavy atom. The van der Waals surface area contributed by atoms with E-state index in [0.717, 1.165) is 10.8 Å². The molecule has 2 heterocycles. The van der Waals surface area contributed by atoms with Gasteiger partial charge in [-0.1, -0.05) is 47.5 Å². The number of carboxylic acids is 1. The van der Waals surface area contributed by atoms with E-state index in [4.69, 9.17) is 32.5 Å². The van der Waals surface area contributed by atoms with Crippen molar-refractivity contribution in [3.8, 4) is 0 Å². The number of carboxylic acid groups (broad SMARTS) is 1. The lowest BCUT2D eigenvalue weighted by Gasteiger charge is -2.32. The number of fused-ring (bicyclic) bond motifs is 1. The minimum absolute atomic E-state index is 0.000303. The van der Waals surface area contributed by atoms with Gasteiger partial charge < -0.3 is 19.7 Å². The van der Waals surface area contributed by atoms with E-state index in [0.29, 0.717) is 11.1 Å². The summed E-state index contributed by atoms with van der Waals surface area (Å²) in [7, 11) is -0.599. The van der Waals surface area contributed by atoms with Crippen molar-refractivity contribution < 1.29 is 24.0 Å². The fraction of sp³-hybridized carbons (Fsp3) is 0.320. The van der Waals surface area contributed by atoms with Crippen LogP contribution >= 0.6 is 23.2 Å². The van der Waals surface area contributed by atoms with Crippen LogP contribution in [0.3, 0.4) is 0 Å². The third-order valence-corrected chi connectivity index (χ3v) is 7.24. The van der Waals surface area contributed by atoms with Crippen LogP contribution in [0.1, 0.15) is 43.6 Å². The van der Waals surface area contributed by atoms with Crippen LogP contribution in [-0.2, 0) is 20.5 Å². The molecular weight excluding hydrogens is 490 g/mol. The molecule has 0 aliphatic carbocycles. The van der Waals surface area contributed by atoms with Gasteiger partial charge in [-0.25, -0.2) is 4.79 Å². The van der Waals surface area contributed by atoms with E-state index in [9.17, 15) is 14.7 Å². The maximum atomic E-state index is 12.8. The van der Waals surface area contributed by atoms with Crippen LogP contribution in [0.2, 0.25) is 10.0 Å². The molecule has 35 heavy (non-hydrogen) atoms. The molecule has 1 aliphatic rings. The Balaban J connectivity index is 1.65. The minimum atomic E-state index is -1.23. The number of pyridine rings is 1. The van der Waals surface area contributed by atoms with Crippen molar-refractivity contribution in [2.24, 2.45) is 0 Å². The minimum Gasteiger partial charge on any atom is -0.480 e. The number of nitrogens with one attached hydrogen (secondary N) is 1. The number of hydrogen-bond donors (Lipinski definition) is 2. The largest absolute Gasteiger partial charge is 0.495 e. The van der Waals surface area contributed by atoms with Crippen LogP contribution in [0.15, 0.2) is 48.7 Å². The normalized spacial score (nSPS) is 17.4. The summed E-state index contributed by atoms with van der Waals surface area (Å²) in [4.78, 5) is 29.4. The molecule has 1 amide bonds. The Morgan fingerprint density at radius 1 is 1.03 bits per heavy atom. The van der Waals surface area contributed by atoms with Gasteiger partial charge in [0, 0.05) is 18.0 Å². The van der Waals surface area contributed by atoms with E-state index in [1.54, 1.807) is 24.4 Å². The second-order valence-corrected chi connectivity index (χ2v) is 10.3. The Labute approximate surface area is 213 Å². The summed E-state index contributed by atoms with van der Waals surface area (Å²) >= 11 is 12.2. The summed E-state index contributed by atoms with van der Waals surface area (Å²) in [6, 6.07) is 10.8. The Hall–Kier alpha value is -2.65. The maximum absolute atomic E-state index is 12.8. The SMILES string of the molecule is CC1(C)OB(c2ccc(CC(NC(=O)c3c(Cl)cccc3Cl)C(=O)O)c3ncccc23)OC1(C)C. The van der Waals surface area contributed by atoms with Crippen molar-refractivity contribution in [1.82, 2.24) is 10.3 Å². The van der Waals surface area contributed by atoms with Crippen LogP contribution in [0.25, 0.3) is 10.9 Å². The van der Waals surface area contributed by atoms with Crippen molar-refractivity contribution in [2.45, 2.75) is 51.4 Å². The highest BCUT2D eigenvalue weighted by Gasteiger charge is 2.52. The summed E-state index contributed by atoms with van der Waals surface area (Å²) in [5.74, 6) is -1.86. The van der Waals surface area contributed by atoms with Gasteiger partial charge in [-0.15, -0.1) is 0 Å². The lowest BCUT2D eigenvalue weighted by atomic mass is 9.76. The van der Waals surface area contributed by atoms with Crippen molar-refractivity contribution in [2.75, 3.05) is 0 Å². The average molecular weight is 515 g/mol. The predicted molar refractivity (Wildman–Crippen MR) is 137 cm³/mol. The molecule has 1 atom stereocenters. The zero-order valence-electron chi connectivity index (χ0n) is 19.8. The molecular formula is C25H25BCl2N2O5. The highest BCUT2D eigenvalue weighted by atomic mass is 35.5. The third-order valence-electron chi connectivity index (χ3n) is 6.61. The Morgan fingerprint density at radius 3 is 2.26 bits per heavy atom. The lowest BCUT2D eigenvalue weighted by Crippen LogP contribution is -2.42. The molecule has 1 fully saturated rings. The van der Waals surface area contributed by atoms with Crippen LogP contribution in [-0.4, -0.2) is 46.3 Å². The number of rotatable bonds is 6. The van der Waals surface area contributed by atoms with Gasteiger partial charge in [0.2, 0.25) is 0 Å². The number of benzene rings is 2. The lowest BCUT2D eigenvalue weighted by molar-refractivity contribution is -0.139. The monoisotopic (exact) mass is 514 g/mol. The standard InChI is InChI=1S/C25H25BCl2N2O5/c1-24(2)25(3,4)35-26(34-24)16-11-10-14(21-15(16)7-6-12-29-21)13-19(23(32)33)30-22(31)20-17(27)8-5-9-18(20)28/h5-12,19H,13H2,1-4H3,(H,30,31)(H,32,33). The van der Waals surface area contributed by atoms with Gasteiger partial charge in [0.1, 0.15) is 6.04 Å². The first-order chi connectivity index (χ1) is 16.4. The van der Waals surface area contributed by atoms with Gasteiger partial charge >= 0.3 is 13.1 Å². The van der Waals surface area contributed by atoms with E-state index >= 15 is 0 Å². The number of halogens is 2. The van der Waals surface area contributed by atoms with Crippen LogP contribution in [0.5, 0.6) is 0 Å². The number of aromatic nitrogens is 1. The molecule has 2 N–H and O–H groups in total. The number of carbonyl (C=O) groups excluding carboxylic acids is 1. The van der Waals surface area contributed by atoms with Crippen molar-refractivity contribution in [3.63, 3.8) is 0 Å². The zero-order valence-corrected chi connectivity index (χ0v) is 21.3. The number of hydrogen-bond acceptors (Lipinski definition) is 5. The summed E-state index contributed by atoms with van der Waals surface area (Å²) in [5.41, 5.74) is 1.07. The molecule has 182 valence electrons. The number of aliphatic carboxylic acids is 1. The fourth-order valence-corrected chi connectivity index (χ4v) is 4.53. The van der Waals surface area contributed by atoms with Gasteiger partial charge in [-0.05, 0) is 56.9 Å². The van der Waals surface area contributed by atoms with Crippen LogP contribution < -0.4 is 10.8 Å². The van der Waals surface area contributed by atoms with Gasteiger partial charge in [0.05, 0.1) is 32.3 Å². The molecule has 2 aromatic carbocycles. The molecule has 7 nitrogen and oxygen atoms in total. The number of amides is 1. The molecule has 0 spiro atoms. The van der Waals surface area contributed by atoms with Crippen molar-refractivity contribution in [1.29, 1.82) is 0 Å². The van der Waals surface area contributed by atoms with E-state index in [-0.39, 0.29) is 22.0 Å². The summed E-state index contributed by atoms with van der Waals surface area (Å²) in [6.45, 7) is 7.92. The van der Waals surface area contributed by atoms with Crippen LogP contribution in [0, 0.1) is 0 Å². The van der Waals surface area contributed by atoms with Gasteiger partial charge in [-0.2, -0.15) is 0 Å². The molecule has 4 rings (SSSR count). The third kappa shape index (κ3) is 4.89. The summed E-state index contributed by atoms with van der Waals surface area (Å²) in [6.07, 6.45) is 1.64. The molecule has 0 saturated carbocycles. The number of nitrogens with zero attached hydrogens (tertiary/aromatic N) is 1. The second-order valence-electron chi connectivity index (χ2n) is 9.47. The molecule has 1 aromatic heterocycles.